The van der Waals surface area contributed by atoms with Gasteiger partial charge in [0.2, 0.25) is 0 Å². The largest absolute Gasteiger partial charge is 0.333 e. The topological polar surface area (TPSA) is 87.6 Å². The third-order valence-electron chi connectivity index (χ3n) is 3.69. The van der Waals surface area contributed by atoms with E-state index in [-0.39, 0.29) is 6.03 Å². The van der Waals surface area contributed by atoms with Crippen LogP contribution in [0, 0.1) is 0 Å². The van der Waals surface area contributed by atoms with Gasteiger partial charge in [0.15, 0.2) is 0 Å². The number of amides is 2. The molecular weight excluding hydrogens is 304 g/mol. The molecule has 1 aromatic carbocycles. The van der Waals surface area contributed by atoms with Gasteiger partial charge in [0.25, 0.3) is 0 Å². The van der Waals surface area contributed by atoms with Crippen molar-refractivity contribution < 1.29 is 4.79 Å². The van der Waals surface area contributed by atoms with Crippen molar-refractivity contribution in [2.45, 2.75) is 26.1 Å². The molecule has 3 rings (SSSR count). The Labute approximate surface area is 140 Å². The fourth-order valence-corrected chi connectivity index (χ4v) is 2.39. The lowest BCUT2D eigenvalue weighted by atomic mass is 10.1. The molecule has 0 saturated carbocycles. The van der Waals surface area contributed by atoms with E-state index in [1.165, 1.54) is 5.56 Å². The van der Waals surface area contributed by atoms with Crippen LogP contribution in [0.5, 0.6) is 0 Å². The minimum absolute atomic E-state index is 0.234. The van der Waals surface area contributed by atoms with Gasteiger partial charge in [-0.1, -0.05) is 30.3 Å². The van der Waals surface area contributed by atoms with Gasteiger partial charge in [-0.3, -0.25) is 5.10 Å². The zero-order valence-electron chi connectivity index (χ0n) is 13.3. The number of nitrogens with one attached hydrogen (secondary N) is 3. The highest BCUT2D eigenvalue weighted by atomic mass is 16.2. The number of carbonyl (C=O) groups excluding carboxylic acids is 1. The molecule has 7 heteroatoms. The van der Waals surface area contributed by atoms with Crippen LogP contribution in [0.3, 0.4) is 0 Å². The van der Waals surface area contributed by atoms with E-state index in [0.717, 1.165) is 24.5 Å². The Morgan fingerprint density at radius 3 is 2.71 bits per heavy atom. The highest BCUT2D eigenvalue weighted by Crippen LogP contribution is 2.04. The average Bonchev–Trinajstić information content (AvgIpc) is 3.29. The standard InChI is InChI=1S/C17H20N6O/c24-17(19-12-15-6-8-21-22-15)20-13-16-18-9-11-23(16)10-7-14-4-2-1-3-5-14/h1-6,8-9,11H,7,10,12-13H2,(H,21,22)(H2,19,20,24). The summed E-state index contributed by atoms with van der Waals surface area (Å²) in [5.41, 5.74) is 2.14. The van der Waals surface area contributed by atoms with Gasteiger partial charge in [-0.2, -0.15) is 5.10 Å². The molecule has 2 heterocycles. The summed E-state index contributed by atoms with van der Waals surface area (Å²) in [4.78, 5) is 16.1. The summed E-state index contributed by atoms with van der Waals surface area (Å²) >= 11 is 0. The van der Waals surface area contributed by atoms with E-state index in [1.54, 1.807) is 12.4 Å². The summed E-state index contributed by atoms with van der Waals surface area (Å²) < 4.78 is 2.06. The summed E-state index contributed by atoms with van der Waals surface area (Å²) in [7, 11) is 0. The SMILES string of the molecule is O=C(NCc1ccn[nH]1)NCc1nccn1CCc1ccccc1. The minimum atomic E-state index is -0.234. The van der Waals surface area contributed by atoms with Crippen molar-refractivity contribution in [3.63, 3.8) is 0 Å². The zero-order chi connectivity index (χ0) is 16.6. The maximum absolute atomic E-state index is 11.8. The van der Waals surface area contributed by atoms with Gasteiger partial charge in [-0.05, 0) is 18.1 Å². The first kappa shape index (κ1) is 15.8. The highest BCUT2D eigenvalue weighted by Gasteiger charge is 2.06. The smallest absolute Gasteiger partial charge is 0.315 e. The van der Waals surface area contributed by atoms with Crippen LogP contribution >= 0.6 is 0 Å². The van der Waals surface area contributed by atoms with Gasteiger partial charge in [0.1, 0.15) is 5.82 Å². The number of hydrogen-bond acceptors (Lipinski definition) is 3. The number of H-pyrrole nitrogens is 1. The Morgan fingerprint density at radius 1 is 1.08 bits per heavy atom. The summed E-state index contributed by atoms with van der Waals surface area (Å²) in [5.74, 6) is 0.836. The van der Waals surface area contributed by atoms with Crippen molar-refractivity contribution in [1.29, 1.82) is 0 Å². The second kappa shape index (κ2) is 7.96. The van der Waals surface area contributed by atoms with Gasteiger partial charge >= 0.3 is 6.03 Å². The Balaban J connectivity index is 1.45. The molecule has 2 aromatic heterocycles. The predicted molar refractivity (Wildman–Crippen MR) is 90.0 cm³/mol. The van der Waals surface area contributed by atoms with Crippen LogP contribution in [-0.2, 0) is 26.1 Å². The van der Waals surface area contributed by atoms with Crippen LogP contribution in [0.1, 0.15) is 17.1 Å². The lowest BCUT2D eigenvalue weighted by molar-refractivity contribution is 0.239. The van der Waals surface area contributed by atoms with E-state index in [1.807, 2.05) is 30.5 Å². The van der Waals surface area contributed by atoms with Crippen molar-refractivity contribution >= 4 is 6.03 Å². The van der Waals surface area contributed by atoms with E-state index < -0.39 is 0 Å². The minimum Gasteiger partial charge on any atom is -0.333 e. The van der Waals surface area contributed by atoms with Gasteiger partial charge in [0.05, 0.1) is 18.8 Å². The third-order valence-corrected chi connectivity index (χ3v) is 3.69. The van der Waals surface area contributed by atoms with Crippen LogP contribution in [0.15, 0.2) is 55.0 Å². The summed E-state index contributed by atoms with van der Waals surface area (Å²) in [6.45, 7) is 1.63. The Hall–Kier alpha value is -3.09. The van der Waals surface area contributed by atoms with E-state index in [9.17, 15) is 4.79 Å². The highest BCUT2D eigenvalue weighted by molar-refractivity contribution is 5.73. The maximum atomic E-state index is 11.8. The van der Waals surface area contributed by atoms with Gasteiger partial charge in [-0.15, -0.1) is 0 Å². The normalized spacial score (nSPS) is 10.5. The number of carbonyl (C=O) groups is 1. The van der Waals surface area contributed by atoms with Crippen LogP contribution < -0.4 is 10.6 Å². The first-order valence-electron chi connectivity index (χ1n) is 7.85. The van der Waals surface area contributed by atoms with E-state index in [0.29, 0.717) is 13.1 Å². The molecule has 0 unspecified atom stereocenters. The van der Waals surface area contributed by atoms with Crippen molar-refractivity contribution in [2.24, 2.45) is 0 Å². The Morgan fingerprint density at radius 2 is 1.92 bits per heavy atom. The van der Waals surface area contributed by atoms with Crippen LogP contribution in [0.25, 0.3) is 0 Å². The quantitative estimate of drug-likeness (QED) is 0.620. The number of aryl methyl sites for hydroxylation is 2. The van der Waals surface area contributed by atoms with E-state index in [4.69, 9.17) is 0 Å². The Kier molecular flexibility index (Phi) is 5.24. The predicted octanol–water partition coefficient (Wildman–Crippen LogP) is 1.85. The summed E-state index contributed by atoms with van der Waals surface area (Å²) in [5, 5.41) is 12.2. The lowest BCUT2D eigenvalue weighted by Gasteiger charge is -2.10. The average molecular weight is 324 g/mol. The second-order valence-corrected chi connectivity index (χ2v) is 5.39. The zero-order valence-corrected chi connectivity index (χ0v) is 13.3. The molecule has 0 aliphatic heterocycles. The molecule has 0 bridgehead atoms. The van der Waals surface area contributed by atoms with Gasteiger partial charge in [-0.25, -0.2) is 9.78 Å². The molecule has 0 radical (unpaired) electrons. The third kappa shape index (κ3) is 4.45. The number of urea groups is 1. The molecule has 124 valence electrons. The molecule has 3 aromatic rings. The molecule has 0 aliphatic rings. The van der Waals surface area contributed by atoms with E-state index in [2.05, 4.69) is 42.5 Å². The molecule has 0 fully saturated rings. The number of hydrogen-bond donors (Lipinski definition) is 3. The summed E-state index contributed by atoms with van der Waals surface area (Å²) in [6, 6.07) is 11.9. The number of imidazole rings is 1. The molecule has 3 N–H and O–H groups in total. The van der Waals surface area contributed by atoms with Crippen molar-refractivity contribution in [1.82, 2.24) is 30.4 Å². The molecule has 24 heavy (non-hydrogen) atoms. The molecule has 0 aliphatic carbocycles. The van der Waals surface area contributed by atoms with Gasteiger partial charge < -0.3 is 15.2 Å². The number of benzene rings is 1. The number of aromatic nitrogens is 4. The number of aromatic amines is 1. The van der Waals surface area contributed by atoms with Gasteiger partial charge in [0, 0.05) is 25.1 Å². The fourth-order valence-electron chi connectivity index (χ4n) is 2.39. The molecule has 0 atom stereocenters. The van der Waals surface area contributed by atoms with Crippen molar-refractivity contribution in [3.05, 3.63) is 72.1 Å². The number of rotatable bonds is 7. The second-order valence-electron chi connectivity index (χ2n) is 5.39. The Bertz CT molecular complexity index is 751. The molecule has 2 amide bonds. The van der Waals surface area contributed by atoms with Crippen LogP contribution in [0.2, 0.25) is 0 Å². The summed E-state index contributed by atoms with van der Waals surface area (Å²) in [6.07, 6.45) is 6.27. The molecule has 7 nitrogen and oxygen atoms in total. The lowest BCUT2D eigenvalue weighted by Crippen LogP contribution is -2.35. The van der Waals surface area contributed by atoms with Crippen molar-refractivity contribution in [3.8, 4) is 0 Å². The fraction of sp³-hybridized carbons (Fsp3) is 0.235. The molecule has 0 spiro atoms. The van der Waals surface area contributed by atoms with Crippen LogP contribution in [-0.4, -0.2) is 25.8 Å². The maximum Gasteiger partial charge on any atom is 0.315 e. The number of nitrogens with zero attached hydrogens (tertiary/aromatic N) is 3. The van der Waals surface area contributed by atoms with Crippen LogP contribution in [0.4, 0.5) is 4.79 Å². The monoisotopic (exact) mass is 324 g/mol. The molecule has 0 saturated heterocycles. The van der Waals surface area contributed by atoms with Crippen molar-refractivity contribution in [2.75, 3.05) is 0 Å². The first-order chi connectivity index (χ1) is 11.8. The van der Waals surface area contributed by atoms with E-state index >= 15 is 0 Å². The molecular formula is C17H20N6O. The first-order valence-corrected chi connectivity index (χ1v) is 7.85.